The second-order valence-corrected chi connectivity index (χ2v) is 8.52. The van der Waals surface area contributed by atoms with E-state index in [4.69, 9.17) is 26.1 Å². The molecule has 0 atom stereocenters. The van der Waals surface area contributed by atoms with Gasteiger partial charge in [-0.2, -0.15) is 0 Å². The highest BCUT2D eigenvalue weighted by molar-refractivity contribution is 7.23. The summed E-state index contributed by atoms with van der Waals surface area (Å²) in [5.41, 5.74) is 2.42. The van der Waals surface area contributed by atoms with Crippen molar-refractivity contribution in [3.05, 3.63) is 88.6 Å². The maximum absolute atomic E-state index is 13.6. The van der Waals surface area contributed by atoms with Crippen LogP contribution in [-0.4, -0.2) is 30.9 Å². The number of carbonyl (C=O) groups excluding carboxylic acids is 1. The van der Waals surface area contributed by atoms with Crippen LogP contribution in [0.15, 0.2) is 77.4 Å². The molecule has 3 aromatic carbocycles. The number of amidine groups is 1. The first kappa shape index (κ1) is 21.2. The number of halogens is 1. The van der Waals surface area contributed by atoms with Gasteiger partial charge < -0.3 is 9.47 Å². The molecule has 0 N–H and O–H groups in total. The first-order valence-corrected chi connectivity index (χ1v) is 11.3. The SMILES string of the molecule is COc1ccc(OC)c2sc(N3C(=O)/C(=C\c4ccccc4Cl)N=C3c3ccccc3)nc12. The van der Waals surface area contributed by atoms with Gasteiger partial charge in [0.15, 0.2) is 5.13 Å². The zero-order valence-electron chi connectivity index (χ0n) is 17.8. The van der Waals surface area contributed by atoms with Gasteiger partial charge in [-0.3, -0.25) is 4.79 Å². The minimum absolute atomic E-state index is 0.278. The van der Waals surface area contributed by atoms with Crippen LogP contribution in [-0.2, 0) is 4.79 Å². The molecule has 2 heterocycles. The molecule has 0 radical (unpaired) electrons. The maximum Gasteiger partial charge on any atom is 0.284 e. The quantitative estimate of drug-likeness (QED) is 0.342. The predicted octanol–water partition coefficient (Wildman–Crippen LogP) is 5.80. The first-order valence-electron chi connectivity index (χ1n) is 10.1. The van der Waals surface area contributed by atoms with Gasteiger partial charge >= 0.3 is 0 Å². The number of aromatic nitrogens is 1. The lowest BCUT2D eigenvalue weighted by atomic mass is 10.2. The highest BCUT2D eigenvalue weighted by Crippen LogP contribution is 2.41. The number of ether oxygens (including phenoxy) is 2. The van der Waals surface area contributed by atoms with E-state index in [-0.39, 0.29) is 11.6 Å². The summed E-state index contributed by atoms with van der Waals surface area (Å²) in [7, 11) is 3.19. The Hall–Kier alpha value is -3.68. The summed E-state index contributed by atoms with van der Waals surface area (Å²) in [6.07, 6.45) is 1.70. The van der Waals surface area contributed by atoms with E-state index in [1.807, 2.05) is 54.6 Å². The molecule has 1 aliphatic rings. The van der Waals surface area contributed by atoms with Crippen LogP contribution in [0, 0.1) is 0 Å². The Morgan fingerprint density at radius 3 is 2.36 bits per heavy atom. The number of carbonyl (C=O) groups is 1. The fourth-order valence-electron chi connectivity index (χ4n) is 3.58. The van der Waals surface area contributed by atoms with E-state index in [9.17, 15) is 4.79 Å². The van der Waals surface area contributed by atoms with Gasteiger partial charge in [0.25, 0.3) is 5.91 Å². The third-order valence-electron chi connectivity index (χ3n) is 5.18. The van der Waals surface area contributed by atoms with Gasteiger partial charge in [0.05, 0.1) is 14.2 Å². The predicted molar refractivity (Wildman–Crippen MR) is 133 cm³/mol. The summed E-state index contributed by atoms with van der Waals surface area (Å²) in [6, 6.07) is 20.5. The Kier molecular flexibility index (Phi) is 5.58. The second kappa shape index (κ2) is 8.69. The van der Waals surface area contributed by atoms with Gasteiger partial charge in [0.2, 0.25) is 0 Å². The number of methoxy groups -OCH3 is 2. The largest absolute Gasteiger partial charge is 0.495 e. The minimum atomic E-state index is -0.286. The first-order chi connectivity index (χ1) is 16.1. The van der Waals surface area contributed by atoms with Crippen LogP contribution in [0.4, 0.5) is 5.13 Å². The molecule has 0 bridgehead atoms. The standard InChI is InChI=1S/C25H18ClN3O3S/c1-31-19-12-13-20(32-2)22-21(19)28-25(33-22)29-23(15-8-4-3-5-9-15)27-18(24(29)30)14-16-10-6-7-11-17(16)26/h3-14H,1-2H3/b18-14+. The Morgan fingerprint density at radius 2 is 1.64 bits per heavy atom. The molecule has 1 aliphatic heterocycles. The lowest BCUT2D eigenvalue weighted by Gasteiger charge is -2.14. The molecule has 0 spiro atoms. The maximum atomic E-state index is 13.6. The molecule has 164 valence electrons. The van der Waals surface area contributed by atoms with E-state index in [1.54, 1.807) is 32.4 Å². The van der Waals surface area contributed by atoms with E-state index < -0.39 is 0 Å². The van der Waals surface area contributed by atoms with Gasteiger partial charge in [-0.05, 0) is 29.8 Å². The van der Waals surface area contributed by atoms with Gasteiger partial charge in [0, 0.05) is 10.6 Å². The van der Waals surface area contributed by atoms with E-state index in [0.29, 0.717) is 38.6 Å². The number of fused-ring (bicyclic) bond motifs is 1. The van der Waals surface area contributed by atoms with Crippen molar-refractivity contribution in [3.8, 4) is 11.5 Å². The van der Waals surface area contributed by atoms with Crippen LogP contribution in [0.2, 0.25) is 5.02 Å². The minimum Gasteiger partial charge on any atom is -0.495 e. The van der Waals surface area contributed by atoms with Gasteiger partial charge in [-0.1, -0.05) is 71.5 Å². The average Bonchev–Trinajstić information content (AvgIpc) is 3.42. The summed E-state index contributed by atoms with van der Waals surface area (Å²) in [5, 5.41) is 1.02. The molecule has 1 aromatic heterocycles. The molecule has 6 nitrogen and oxygen atoms in total. The van der Waals surface area contributed by atoms with Crippen LogP contribution in [0.1, 0.15) is 11.1 Å². The monoisotopic (exact) mass is 475 g/mol. The van der Waals surface area contributed by atoms with Crippen molar-refractivity contribution in [2.45, 2.75) is 0 Å². The van der Waals surface area contributed by atoms with Crippen molar-refractivity contribution in [3.63, 3.8) is 0 Å². The molecular formula is C25H18ClN3O3S. The molecule has 0 saturated heterocycles. The molecule has 0 unspecified atom stereocenters. The number of rotatable bonds is 5. The lowest BCUT2D eigenvalue weighted by Crippen LogP contribution is -2.32. The van der Waals surface area contributed by atoms with Crippen LogP contribution in [0.5, 0.6) is 11.5 Å². The molecule has 5 rings (SSSR count). The van der Waals surface area contributed by atoms with Crippen LogP contribution >= 0.6 is 22.9 Å². The summed E-state index contributed by atoms with van der Waals surface area (Å²) in [5.74, 6) is 1.47. The van der Waals surface area contributed by atoms with Gasteiger partial charge in [-0.15, -0.1) is 0 Å². The fraction of sp³-hybridized carbons (Fsp3) is 0.0800. The number of nitrogens with zero attached hydrogens (tertiary/aromatic N) is 3. The number of hydrogen-bond acceptors (Lipinski definition) is 6. The van der Waals surface area contributed by atoms with Gasteiger partial charge in [-0.25, -0.2) is 14.9 Å². The van der Waals surface area contributed by atoms with E-state index in [0.717, 1.165) is 10.3 Å². The summed E-state index contributed by atoms with van der Waals surface area (Å²) in [6.45, 7) is 0. The van der Waals surface area contributed by atoms with Crippen molar-refractivity contribution in [1.29, 1.82) is 0 Å². The zero-order chi connectivity index (χ0) is 22.9. The molecule has 0 saturated carbocycles. The molecule has 33 heavy (non-hydrogen) atoms. The second-order valence-electron chi connectivity index (χ2n) is 7.14. The molecule has 4 aromatic rings. The summed E-state index contributed by atoms with van der Waals surface area (Å²) in [4.78, 5) is 24.6. The summed E-state index contributed by atoms with van der Waals surface area (Å²) >= 11 is 7.67. The third-order valence-corrected chi connectivity index (χ3v) is 6.58. The average molecular weight is 476 g/mol. The topological polar surface area (TPSA) is 64.0 Å². The van der Waals surface area contributed by atoms with Crippen molar-refractivity contribution in [2.24, 2.45) is 4.99 Å². The molecule has 1 amide bonds. The Balaban J connectivity index is 1.68. The third kappa shape index (κ3) is 3.75. The number of amides is 1. The van der Waals surface area contributed by atoms with Crippen LogP contribution in [0.3, 0.4) is 0 Å². The highest BCUT2D eigenvalue weighted by Gasteiger charge is 2.35. The Labute approximate surface area is 199 Å². The smallest absolute Gasteiger partial charge is 0.284 e. The zero-order valence-corrected chi connectivity index (χ0v) is 19.4. The number of hydrogen-bond donors (Lipinski definition) is 0. The van der Waals surface area contributed by atoms with Crippen molar-refractivity contribution < 1.29 is 14.3 Å². The molecule has 8 heteroatoms. The van der Waals surface area contributed by atoms with Gasteiger partial charge in [0.1, 0.15) is 33.2 Å². The van der Waals surface area contributed by atoms with Crippen molar-refractivity contribution in [1.82, 2.24) is 4.98 Å². The highest BCUT2D eigenvalue weighted by atomic mass is 35.5. The Bertz CT molecular complexity index is 1390. The van der Waals surface area contributed by atoms with Crippen molar-refractivity contribution >= 4 is 56.1 Å². The summed E-state index contributed by atoms with van der Waals surface area (Å²) < 4.78 is 11.8. The van der Waals surface area contributed by atoms with E-state index in [2.05, 4.69) is 4.99 Å². The molecule has 0 fully saturated rings. The van der Waals surface area contributed by atoms with Crippen LogP contribution in [0.25, 0.3) is 16.3 Å². The number of benzene rings is 3. The number of thiazole rings is 1. The molecule has 0 aliphatic carbocycles. The Morgan fingerprint density at radius 1 is 0.939 bits per heavy atom. The van der Waals surface area contributed by atoms with Crippen LogP contribution < -0.4 is 14.4 Å². The normalized spacial score (nSPS) is 14.8. The van der Waals surface area contributed by atoms with E-state index >= 15 is 0 Å². The lowest BCUT2D eigenvalue weighted by molar-refractivity contribution is -0.113. The number of anilines is 1. The number of aliphatic imine (C=N–C) groups is 1. The molecular weight excluding hydrogens is 458 g/mol. The van der Waals surface area contributed by atoms with Crippen molar-refractivity contribution in [2.75, 3.05) is 19.1 Å². The van der Waals surface area contributed by atoms with E-state index in [1.165, 1.54) is 16.2 Å². The fourth-order valence-corrected chi connectivity index (χ4v) is 4.85.